The van der Waals surface area contributed by atoms with E-state index in [0.29, 0.717) is 12.2 Å². The minimum Gasteiger partial charge on any atom is -0.324 e. The molecule has 1 aliphatic rings. The van der Waals surface area contributed by atoms with Crippen LogP contribution in [-0.2, 0) is 4.79 Å². The average Bonchev–Trinajstić information content (AvgIpc) is 3.11. The van der Waals surface area contributed by atoms with Crippen LogP contribution >= 0.6 is 24.8 Å². The first-order chi connectivity index (χ1) is 9.81. The number of carbonyl (C=O) groups excluding carboxylic acids is 1. The predicted octanol–water partition coefficient (Wildman–Crippen LogP) is 2.05. The summed E-state index contributed by atoms with van der Waals surface area (Å²) in [4.78, 5) is 16.0. The summed E-state index contributed by atoms with van der Waals surface area (Å²) < 4.78 is 1.67. The molecule has 0 saturated heterocycles. The van der Waals surface area contributed by atoms with E-state index in [-0.39, 0.29) is 30.7 Å². The van der Waals surface area contributed by atoms with Gasteiger partial charge in [0.2, 0.25) is 5.91 Å². The molecule has 1 saturated carbocycles. The predicted molar refractivity (Wildman–Crippen MR) is 90.1 cm³/mol. The lowest BCUT2D eigenvalue weighted by Gasteiger charge is -2.07. The van der Waals surface area contributed by atoms with Crippen LogP contribution in [0.15, 0.2) is 36.8 Å². The minimum absolute atomic E-state index is 0. The number of hydrogen-bond acceptors (Lipinski definition) is 4. The molecule has 8 heteroatoms. The Hall–Kier alpha value is -1.63. The molecule has 0 aliphatic heterocycles. The van der Waals surface area contributed by atoms with Gasteiger partial charge in [-0.1, -0.05) is 0 Å². The molecule has 3 rings (SSSR count). The van der Waals surface area contributed by atoms with Crippen LogP contribution < -0.4 is 10.6 Å². The number of nitrogens with zero attached hydrogens (tertiary/aromatic N) is 3. The molecule has 120 valence electrons. The van der Waals surface area contributed by atoms with E-state index in [1.54, 1.807) is 17.1 Å². The molecule has 0 spiro atoms. The molecule has 0 radical (unpaired) electrons. The van der Waals surface area contributed by atoms with E-state index in [2.05, 4.69) is 20.7 Å². The van der Waals surface area contributed by atoms with Crippen LogP contribution in [0.2, 0.25) is 0 Å². The first-order valence-corrected chi connectivity index (χ1v) is 6.78. The van der Waals surface area contributed by atoms with Crippen molar-refractivity contribution >= 4 is 36.4 Å². The molecule has 0 aromatic carbocycles. The Morgan fingerprint density at radius 2 is 2.14 bits per heavy atom. The second-order valence-corrected chi connectivity index (χ2v) is 4.98. The van der Waals surface area contributed by atoms with E-state index in [1.165, 1.54) is 12.8 Å². The van der Waals surface area contributed by atoms with Crippen molar-refractivity contribution in [3.63, 3.8) is 0 Å². The van der Waals surface area contributed by atoms with E-state index >= 15 is 0 Å². The number of pyridine rings is 1. The van der Waals surface area contributed by atoms with E-state index in [9.17, 15) is 4.79 Å². The molecule has 2 heterocycles. The molecular weight excluding hydrogens is 325 g/mol. The standard InChI is InChI=1S/C14H17N5O.2ClH/c20-14(10-15-8-11-2-3-11)18-12-4-5-13(16-9-12)19-7-1-6-17-19;;/h1,4-7,9,11,15H,2-3,8,10H2,(H,18,20);2*1H. The molecule has 22 heavy (non-hydrogen) atoms. The average molecular weight is 344 g/mol. The molecule has 1 fully saturated rings. The normalized spacial score (nSPS) is 12.9. The zero-order valence-electron chi connectivity index (χ0n) is 11.9. The number of hydrogen-bond donors (Lipinski definition) is 2. The van der Waals surface area contributed by atoms with Gasteiger partial charge in [0.15, 0.2) is 5.82 Å². The second-order valence-electron chi connectivity index (χ2n) is 4.98. The van der Waals surface area contributed by atoms with E-state index in [1.807, 2.05) is 24.4 Å². The SMILES string of the molecule is Cl.Cl.O=C(CNCC1CC1)Nc1ccc(-n2cccn2)nc1. The summed E-state index contributed by atoms with van der Waals surface area (Å²) in [7, 11) is 0. The number of carbonyl (C=O) groups is 1. The lowest BCUT2D eigenvalue weighted by Crippen LogP contribution is -2.29. The fraction of sp³-hybridized carbons (Fsp3) is 0.357. The second kappa shape index (κ2) is 8.73. The largest absolute Gasteiger partial charge is 0.324 e. The van der Waals surface area contributed by atoms with Gasteiger partial charge in [0, 0.05) is 12.4 Å². The number of rotatable bonds is 6. The minimum atomic E-state index is -0.0423. The van der Waals surface area contributed by atoms with Gasteiger partial charge in [-0.15, -0.1) is 24.8 Å². The lowest BCUT2D eigenvalue weighted by molar-refractivity contribution is -0.115. The van der Waals surface area contributed by atoms with Crippen molar-refractivity contribution in [3.8, 4) is 5.82 Å². The van der Waals surface area contributed by atoms with Crippen molar-refractivity contribution in [1.82, 2.24) is 20.1 Å². The summed E-state index contributed by atoms with van der Waals surface area (Å²) >= 11 is 0. The van der Waals surface area contributed by atoms with Crippen molar-refractivity contribution in [2.75, 3.05) is 18.4 Å². The third kappa shape index (κ3) is 5.29. The van der Waals surface area contributed by atoms with Gasteiger partial charge in [0.1, 0.15) is 0 Å². The zero-order valence-corrected chi connectivity index (χ0v) is 13.6. The van der Waals surface area contributed by atoms with Crippen molar-refractivity contribution in [3.05, 3.63) is 36.8 Å². The van der Waals surface area contributed by atoms with Crippen molar-refractivity contribution in [2.45, 2.75) is 12.8 Å². The maximum Gasteiger partial charge on any atom is 0.238 e. The molecule has 1 amide bonds. The number of aromatic nitrogens is 3. The van der Waals surface area contributed by atoms with Gasteiger partial charge in [-0.2, -0.15) is 5.10 Å². The third-order valence-electron chi connectivity index (χ3n) is 3.19. The molecule has 2 N–H and O–H groups in total. The summed E-state index contributed by atoms with van der Waals surface area (Å²) in [6.07, 6.45) is 7.72. The molecule has 2 aromatic heterocycles. The van der Waals surface area contributed by atoms with E-state index in [0.717, 1.165) is 18.3 Å². The van der Waals surface area contributed by atoms with E-state index < -0.39 is 0 Å². The van der Waals surface area contributed by atoms with Crippen molar-refractivity contribution < 1.29 is 4.79 Å². The Kier molecular flexibility index (Phi) is 7.31. The fourth-order valence-electron chi connectivity index (χ4n) is 1.92. The summed E-state index contributed by atoms with van der Waals surface area (Å²) in [5, 5.41) is 10.1. The third-order valence-corrected chi connectivity index (χ3v) is 3.19. The van der Waals surface area contributed by atoms with Gasteiger partial charge in [-0.3, -0.25) is 4.79 Å². The number of halogens is 2. The molecule has 0 atom stereocenters. The molecule has 0 unspecified atom stereocenters. The maximum absolute atomic E-state index is 11.7. The first-order valence-electron chi connectivity index (χ1n) is 6.78. The highest BCUT2D eigenvalue weighted by Gasteiger charge is 2.20. The van der Waals surface area contributed by atoms with Crippen LogP contribution in [0.1, 0.15) is 12.8 Å². The van der Waals surface area contributed by atoms with Crippen LogP contribution in [0.5, 0.6) is 0 Å². The first kappa shape index (κ1) is 18.4. The van der Waals surface area contributed by atoms with Crippen LogP contribution in [-0.4, -0.2) is 33.8 Å². The van der Waals surface area contributed by atoms with Crippen LogP contribution in [0, 0.1) is 5.92 Å². The molecular formula is C14H19Cl2N5O. The Balaban J connectivity index is 0.00000121. The number of anilines is 1. The van der Waals surface area contributed by atoms with Crippen LogP contribution in [0.25, 0.3) is 5.82 Å². The Morgan fingerprint density at radius 1 is 1.32 bits per heavy atom. The topological polar surface area (TPSA) is 71.8 Å². The van der Waals surface area contributed by atoms with Crippen LogP contribution in [0.3, 0.4) is 0 Å². The monoisotopic (exact) mass is 343 g/mol. The summed E-state index contributed by atoms with van der Waals surface area (Å²) in [5.41, 5.74) is 0.694. The highest BCUT2D eigenvalue weighted by Crippen LogP contribution is 2.27. The highest BCUT2D eigenvalue weighted by atomic mass is 35.5. The summed E-state index contributed by atoms with van der Waals surface area (Å²) in [6, 6.07) is 5.48. The van der Waals surface area contributed by atoms with Gasteiger partial charge < -0.3 is 10.6 Å². The van der Waals surface area contributed by atoms with Gasteiger partial charge >= 0.3 is 0 Å². The van der Waals surface area contributed by atoms with Gasteiger partial charge in [0.25, 0.3) is 0 Å². The molecule has 1 aliphatic carbocycles. The van der Waals surface area contributed by atoms with Gasteiger partial charge in [-0.25, -0.2) is 9.67 Å². The molecule has 2 aromatic rings. The molecule has 6 nitrogen and oxygen atoms in total. The van der Waals surface area contributed by atoms with Crippen LogP contribution in [0.4, 0.5) is 5.69 Å². The van der Waals surface area contributed by atoms with E-state index in [4.69, 9.17) is 0 Å². The Morgan fingerprint density at radius 3 is 2.73 bits per heavy atom. The lowest BCUT2D eigenvalue weighted by atomic mass is 10.4. The Bertz CT molecular complexity index is 569. The van der Waals surface area contributed by atoms with Crippen molar-refractivity contribution in [1.29, 1.82) is 0 Å². The fourth-order valence-corrected chi connectivity index (χ4v) is 1.92. The number of nitrogens with one attached hydrogen (secondary N) is 2. The smallest absolute Gasteiger partial charge is 0.238 e. The quantitative estimate of drug-likeness (QED) is 0.841. The van der Waals surface area contributed by atoms with Gasteiger partial charge in [-0.05, 0) is 43.5 Å². The zero-order chi connectivity index (χ0) is 13.8. The summed E-state index contributed by atoms with van der Waals surface area (Å²) in [6.45, 7) is 1.28. The maximum atomic E-state index is 11.7. The number of amides is 1. The summed E-state index contributed by atoms with van der Waals surface area (Å²) in [5.74, 6) is 1.46. The highest BCUT2D eigenvalue weighted by molar-refractivity contribution is 5.92. The molecule has 0 bridgehead atoms. The van der Waals surface area contributed by atoms with Gasteiger partial charge in [0.05, 0.1) is 18.4 Å². The van der Waals surface area contributed by atoms with Crippen molar-refractivity contribution in [2.24, 2.45) is 5.92 Å². The Labute approximate surface area is 141 Å².